The Kier molecular flexibility index (Phi) is 5.85. The molecule has 2 aliphatic rings. The third-order valence-corrected chi connectivity index (χ3v) is 4.90. The number of rotatable bonds is 6. The molecule has 2 rings (SSSR count). The summed E-state index contributed by atoms with van der Waals surface area (Å²) < 4.78 is 0. The molecule has 20 heavy (non-hydrogen) atoms. The van der Waals surface area contributed by atoms with Gasteiger partial charge in [-0.15, -0.1) is 0 Å². The van der Waals surface area contributed by atoms with Crippen LogP contribution in [0.15, 0.2) is 0 Å². The summed E-state index contributed by atoms with van der Waals surface area (Å²) in [7, 11) is 0. The van der Waals surface area contributed by atoms with Crippen LogP contribution in [0.1, 0.15) is 58.8 Å². The molecule has 0 aromatic heterocycles. The molecule has 116 valence electrons. The second-order valence-corrected chi connectivity index (χ2v) is 6.81. The van der Waals surface area contributed by atoms with Crippen LogP contribution in [-0.4, -0.2) is 42.0 Å². The minimum atomic E-state index is 0.146. The number of hydrogen-bond donors (Lipinski definition) is 2. The molecule has 0 aromatic carbocycles. The highest BCUT2D eigenvalue weighted by Crippen LogP contribution is 2.36. The fourth-order valence-electron chi connectivity index (χ4n) is 4.05. The van der Waals surface area contributed by atoms with Crippen LogP contribution in [0.4, 0.5) is 0 Å². The molecule has 1 amide bonds. The molecule has 0 bridgehead atoms. The quantitative estimate of drug-likeness (QED) is 0.781. The fraction of sp³-hybridized carbons (Fsp3) is 0.938. The van der Waals surface area contributed by atoms with E-state index in [2.05, 4.69) is 10.2 Å². The topological polar surface area (TPSA) is 58.4 Å². The number of carbonyl (C=O) groups excluding carboxylic acids is 1. The summed E-state index contributed by atoms with van der Waals surface area (Å²) in [5, 5.41) is 2.99. The van der Waals surface area contributed by atoms with Gasteiger partial charge in [-0.3, -0.25) is 9.69 Å². The maximum absolute atomic E-state index is 12.0. The highest BCUT2D eigenvalue weighted by Gasteiger charge is 2.36. The minimum Gasteiger partial charge on any atom is -0.354 e. The second-order valence-electron chi connectivity index (χ2n) is 6.81. The number of amides is 1. The normalized spacial score (nSPS) is 26.3. The number of hydrogen-bond acceptors (Lipinski definition) is 3. The van der Waals surface area contributed by atoms with Crippen LogP contribution in [-0.2, 0) is 4.79 Å². The summed E-state index contributed by atoms with van der Waals surface area (Å²) in [5.41, 5.74) is 5.97. The van der Waals surface area contributed by atoms with Gasteiger partial charge in [-0.05, 0) is 52.0 Å². The summed E-state index contributed by atoms with van der Waals surface area (Å²) in [5.74, 6) is 0.993. The molecule has 0 spiro atoms. The van der Waals surface area contributed by atoms with Gasteiger partial charge in [0.2, 0.25) is 5.91 Å². The summed E-state index contributed by atoms with van der Waals surface area (Å²) >= 11 is 0. The molecular formula is C16H31N3O. The minimum absolute atomic E-state index is 0.146. The predicted molar refractivity (Wildman–Crippen MR) is 82.4 cm³/mol. The van der Waals surface area contributed by atoms with E-state index in [1.54, 1.807) is 0 Å². The van der Waals surface area contributed by atoms with E-state index in [-0.39, 0.29) is 18.0 Å². The zero-order chi connectivity index (χ0) is 14.5. The lowest BCUT2D eigenvalue weighted by molar-refractivity contribution is -0.122. The third kappa shape index (κ3) is 3.95. The molecule has 1 saturated carbocycles. The SMILES string of the molecule is CC(C)NC(=O)CC(CN)N1CCCC1C1CCCC1. The lowest BCUT2D eigenvalue weighted by Gasteiger charge is -2.35. The highest BCUT2D eigenvalue weighted by molar-refractivity contribution is 5.76. The van der Waals surface area contributed by atoms with Crippen LogP contribution in [0.5, 0.6) is 0 Å². The fourth-order valence-corrected chi connectivity index (χ4v) is 4.05. The molecule has 1 aliphatic heterocycles. The van der Waals surface area contributed by atoms with Gasteiger partial charge in [0.15, 0.2) is 0 Å². The van der Waals surface area contributed by atoms with Crippen molar-refractivity contribution in [3.63, 3.8) is 0 Å². The zero-order valence-electron chi connectivity index (χ0n) is 13.1. The number of carbonyl (C=O) groups is 1. The Morgan fingerprint density at radius 3 is 2.55 bits per heavy atom. The molecule has 0 radical (unpaired) electrons. The van der Waals surface area contributed by atoms with Gasteiger partial charge >= 0.3 is 0 Å². The van der Waals surface area contributed by atoms with Gasteiger partial charge in [0.25, 0.3) is 0 Å². The molecule has 2 unspecified atom stereocenters. The Morgan fingerprint density at radius 1 is 1.25 bits per heavy atom. The van der Waals surface area contributed by atoms with Crippen molar-refractivity contribution >= 4 is 5.91 Å². The van der Waals surface area contributed by atoms with Crippen molar-refractivity contribution in [3.05, 3.63) is 0 Å². The Morgan fingerprint density at radius 2 is 1.95 bits per heavy atom. The first-order valence-corrected chi connectivity index (χ1v) is 8.37. The predicted octanol–water partition coefficient (Wildman–Crippen LogP) is 1.88. The number of nitrogens with two attached hydrogens (primary N) is 1. The van der Waals surface area contributed by atoms with Gasteiger partial charge in [0.05, 0.1) is 0 Å². The molecule has 1 saturated heterocycles. The highest BCUT2D eigenvalue weighted by atomic mass is 16.1. The van der Waals surface area contributed by atoms with Crippen LogP contribution in [0, 0.1) is 5.92 Å². The molecule has 4 heteroatoms. The average molecular weight is 281 g/mol. The van der Waals surface area contributed by atoms with E-state index in [0.717, 1.165) is 12.5 Å². The molecule has 2 atom stereocenters. The van der Waals surface area contributed by atoms with Crippen molar-refractivity contribution in [2.75, 3.05) is 13.1 Å². The van der Waals surface area contributed by atoms with Crippen molar-refractivity contribution < 1.29 is 4.79 Å². The number of likely N-dealkylation sites (tertiary alicyclic amines) is 1. The van der Waals surface area contributed by atoms with E-state index in [1.165, 1.54) is 38.5 Å². The Labute approximate surface area is 123 Å². The first-order chi connectivity index (χ1) is 9.61. The van der Waals surface area contributed by atoms with E-state index in [1.807, 2.05) is 13.8 Å². The van der Waals surface area contributed by atoms with Gasteiger partial charge in [0.1, 0.15) is 0 Å². The van der Waals surface area contributed by atoms with Crippen LogP contribution in [0.3, 0.4) is 0 Å². The van der Waals surface area contributed by atoms with E-state index < -0.39 is 0 Å². The number of nitrogens with zero attached hydrogens (tertiary/aromatic N) is 1. The monoisotopic (exact) mass is 281 g/mol. The standard InChI is InChI=1S/C16H31N3O/c1-12(2)18-16(20)10-14(11-17)19-9-5-8-15(19)13-6-3-4-7-13/h12-15H,3-11,17H2,1-2H3,(H,18,20). The van der Waals surface area contributed by atoms with Crippen molar-refractivity contribution in [1.29, 1.82) is 0 Å². The lowest BCUT2D eigenvalue weighted by atomic mass is 9.94. The van der Waals surface area contributed by atoms with Crippen LogP contribution < -0.4 is 11.1 Å². The third-order valence-electron chi connectivity index (χ3n) is 4.90. The smallest absolute Gasteiger partial charge is 0.221 e. The Balaban J connectivity index is 1.93. The van der Waals surface area contributed by atoms with Gasteiger partial charge in [-0.25, -0.2) is 0 Å². The molecule has 1 aliphatic carbocycles. The van der Waals surface area contributed by atoms with Crippen LogP contribution in [0.2, 0.25) is 0 Å². The van der Waals surface area contributed by atoms with Crippen LogP contribution >= 0.6 is 0 Å². The summed E-state index contributed by atoms with van der Waals surface area (Å²) in [6, 6.07) is 1.12. The first-order valence-electron chi connectivity index (χ1n) is 8.37. The lowest BCUT2D eigenvalue weighted by Crippen LogP contribution is -2.48. The molecule has 1 heterocycles. The van der Waals surface area contributed by atoms with Crippen molar-refractivity contribution in [2.24, 2.45) is 11.7 Å². The van der Waals surface area contributed by atoms with Crippen LogP contribution in [0.25, 0.3) is 0 Å². The Hall–Kier alpha value is -0.610. The molecule has 3 N–H and O–H groups in total. The van der Waals surface area contributed by atoms with E-state index in [9.17, 15) is 4.79 Å². The van der Waals surface area contributed by atoms with Gasteiger partial charge in [0, 0.05) is 31.1 Å². The van der Waals surface area contributed by atoms with Crippen molar-refractivity contribution in [1.82, 2.24) is 10.2 Å². The summed E-state index contributed by atoms with van der Waals surface area (Å²) in [6.45, 7) is 5.73. The van der Waals surface area contributed by atoms with E-state index in [4.69, 9.17) is 5.73 Å². The summed E-state index contributed by atoms with van der Waals surface area (Å²) in [4.78, 5) is 14.6. The molecule has 2 fully saturated rings. The maximum Gasteiger partial charge on any atom is 0.221 e. The zero-order valence-corrected chi connectivity index (χ0v) is 13.1. The summed E-state index contributed by atoms with van der Waals surface area (Å²) in [6.07, 6.45) is 8.63. The van der Waals surface area contributed by atoms with Gasteiger partial charge in [-0.1, -0.05) is 12.8 Å². The van der Waals surface area contributed by atoms with Gasteiger partial charge < -0.3 is 11.1 Å². The average Bonchev–Trinajstić information content (AvgIpc) is 3.04. The molecular weight excluding hydrogens is 250 g/mol. The maximum atomic E-state index is 12.0. The second kappa shape index (κ2) is 7.41. The first kappa shape index (κ1) is 15.8. The Bertz CT molecular complexity index is 313. The van der Waals surface area contributed by atoms with Gasteiger partial charge in [-0.2, -0.15) is 0 Å². The molecule has 0 aromatic rings. The van der Waals surface area contributed by atoms with E-state index >= 15 is 0 Å². The van der Waals surface area contributed by atoms with Crippen molar-refractivity contribution in [3.8, 4) is 0 Å². The largest absolute Gasteiger partial charge is 0.354 e. The van der Waals surface area contributed by atoms with E-state index in [0.29, 0.717) is 19.0 Å². The van der Waals surface area contributed by atoms with Crippen molar-refractivity contribution in [2.45, 2.75) is 76.9 Å². The molecule has 4 nitrogen and oxygen atoms in total. The number of nitrogens with one attached hydrogen (secondary N) is 1.